The highest BCUT2D eigenvalue weighted by molar-refractivity contribution is 7.99. The van der Waals surface area contributed by atoms with Gasteiger partial charge in [0.05, 0.1) is 6.61 Å². The minimum atomic E-state index is 0.128. The van der Waals surface area contributed by atoms with Crippen molar-refractivity contribution in [3.8, 4) is 11.5 Å². The zero-order valence-electron chi connectivity index (χ0n) is 13.6. The largest absolute Gasteiger partial charge is 0.411 e. The monoisotopic (exact) mass is 348 g/mol. The van der Waals surface area contributed by atoms with E-state index in [1.165, 1.54) is 11.8 Å². The highest BCUT2D eigenvalue weighted by Gasteiger charge is 2.20. The first-order chi connectivity index (χ1) is 11.7. The lowest BCUT2D eigenvalue weighted by molar-refractivity contribution is -0.130. The number of nitrogens with zero attached hydrogens (tertiary/aromatic N) is 4. The van der Waals surface area contributed by atoms with Crippen molar-refractivity contribution < 1.29 is 13.9 Å². The summed E-state index contributed by atoms with van der Waals surface area (Å²) in [4.78, 5) is 17.9. The number of amides is 1. The van der Waals surface area contributed by atoms with Gasteiger partial charge in [-0.05, 0) is 18.6 Å². The third-order valence-electron chi connectivity index (χ3n) is 3.86. The van der Waals surface area contributed by atoms with Crippen LogP contribution in [0.5, 0.6) is 0 Å². The number of thioether (sulfide) groups is 1. The Hall–Kier alpha value is -1.93. The van der Waals surface area contributed by atoms with Gasteiger partial charge in [0.1, 0.15) is 0 Å². The standard InChI is InChI=1S/C16H20N4O3S/c1-20(10-12-4-8-22-11-12)14(21)5-9-24-16-19-18-15(23-16)13-2-6-17-7-3-13/h2-3,6-7,12H,4-5,8-11H2,1H3/t12-/m1/s1. The van der Waals surface area contributed by atoms with Gasteiger partial charge in [-0.2, -0.15) is 0 Å². The zero-order chi connectivity index (χ0) is 16.8. The number of hydrogen-bond donors (Lipinski definition) is 0. The lowest BCUT2D eigenvalue weighted by Crippen LogP contribution is -2.32. The highest BCUT2D eigenvalue weighted by Crippen LogP contribution is 2.23. The lowest BCUT2D eigenvalue weighted by Gasteiger charge is -2.20. The van der Waals surface area contributed by atoms with Gasteiger partial charge in [0.2, 0.25) is 11.8 Å². The Bertz CT molecular complexity index is 658. The van der Waals surface area contributed by atoms with Crippen LogP contribution in [0.25, 0.3) is 11.5 Å². The van der Waals surface area contributed by atoms with Crippen molar-refractivity contribution in [1.82, 2.24) is 20.1 Å². The second-order valence-corrected chi connectivity index (χ2v) is 6.76. The van der Waals surface area contributed by atoms with Crippen molar-refractivity contribution in [1.29, 1.82) is 0 Å². The van der Waals surface area contributed by atoms with Crippen LogP contribution in [-0.2, 0) is 9.53 Å². The normalized spacial score (nSPS) is 17.1. The molecule has 0 saturated carbocycles. The fourth-order valence-electron chi connectivity index (χ4n) is 2.51. The van der Waals surface area contributed by atoms with Gasteiger partial charge in [0.25, 0.3) is 5.22 Å². The van der Waals surface area contributed by atoms with E-state index in [4.69, 9.17) is 9.15 Å². The predicted octanol–water partition coefficient (Wildman–Crippen LogP) is 2.11. The van der Waals surface area contributed by atoms with E-state index in [1.54, 1.807) is 17.3 Å². The van der Waals surface area contributed by atoms with Gasteiger partial charge in [-0.15, -0.1) is 10.2 Å². The van der Waals surface area contributed by atoms with Crippen LogP contribution in [0.1, 0.15) is 12.8 Å². The molecule has 1 saturated heterocycles. The molecule has 0 unspecified atom stereocenters. The summed E-state index contributed by atoms with van der Waals surface area (Å²) in [6.45, 7) is 2.32. The molecule has 0 N–H and O–H groups in total. The maximum Gasteiger partial charge on any atom is 0.276 e. The molecule has 3 heterocycles. The molecule has 128 valence electrons. The summed E-state index contributed by atoms with van der Waals surface area (Å²) in [5.41, 5.74) is 0.832. The predicted molar refractivity (Wildman–Crippen MR) is 89.4 cm³/mol. The molecule has 1 aliphatic heterocycles. The summed E-state index contributed by atoms with van der Waals surface area (Å²) in [6.07, 6.45) is 4.83. The van der Waals surface area contributed by atoms with E-state index in [0.29, 0.717) is 29.2 Å². The SMILES string of the molecule is CN(C[C@H]1CCOC1)C(=O)CCSc1nnc(-c2ccncc2)o1. The smallest absolute Gasteiger partial charge is 0.276 e. The molecule has 1 atom stereocenters. The van der Waals surface area contributed by atoms with Crippen LogP contribution < -0.4 is 0 Å². The molecule has 0 radical (unpaired) electrons. The topological polar surface area (TPSA) is 81.4 Å². The first kappa shape index (κ1) is 16.9. The number of rotatable bonds is 7. The van der Waals surface area contributed by atoms with Crippen LogP contribution in [0.15, 0.2) is 34.2 Å². The summed E-state index contributed by atoms with van der Waals surface area (Å²) in [5, 5.41) is 8.49. The van der Waals surface area contributed by atoms with Gasteiger partial charge in [-0.3, -0.25) is 9.78 Å². The number of carbonyl (C=O) groups excluding carboxylic acids is 1. The van der Waals surface area contributed by atoms with Crippen LogP contribution >= 0.6 is 11.8 Å². The number of pyridine rings is 1. The van der Waals surface area contributed by atoms with Crippen molar-refractivity contribution in [3.05, 3.63) is 24.5 Å². The highest BCUT2D eigenvalue weighted by atomic mass is 32.2. The second-order valence-electron chi connectivity index (χ2n) is 5.71. The Morgan fingerprint density at radius 1 is 1.38 bits per heavy atom. The summed E-state index contributed by atoms with van der Waals surface area (Å²) in [6, 6.07) is 3.63. The quantitative estimate of drug-likeness (QED) is 0.709. The average Bonchev–Trinajstić information content (AvgIpc) is 3.27. The minimum absolute atomic E-state index is 0.128. The Morgan fingerprint density at radius 3 is 2.96 bits per heavy atom. The van der Waals surface area contributed by atoms with Crippen molar-refractivity contribution in [2.75, 3.05) is 32.6 Å². The van der Waals surface area contributed by atoms with E-state index in [2.05, 4.69) is 15.2 Å². The van der Waals surface area contributed by atoms with Gasteiger partial charge >= 0.3 is 0 Å². The molecule has 2 aromatic rings. The van der Waals surface area contributed by atoms with Gasteiger partial charge < -0.3 is 14.1 Å². The molecule has 2 aromatic heterocycles. The molecule has 3 rings (SSSR count). The van der Waals surface area contributed by atoms with E-state index in [1.807, 2.05) is 19.2 Å². The molecular formula is C16H20N4O3S. The van der Waals surface area contributed by atoms with E-state index in [9.17, 15) is 4.79 Å². The zero-order valence-corrected chi connectivity index (χ0v) is 14.4. The minimum Gasteiger partial charge on any atom is -0.411 e. The van der Waals surface area contributed by atoms with Gasteiger partial charge in [-0.25, -0.2) is 0 Å². The lowest BCUT2D eigenvalue weighted by atomic mass is 10.1. The van der Waals surface area contributed by atoms with Gasteiger partial charge in [0, 0.05) is 56.2 Å². The molecule has 1 amide bonds. The van der Waals surface area contributed by atoms with Crippen LogP contribution in [0, 0.1) is 5.92 Å². The molecule has 0 spiro atoms. The van der Waals surface area contributed by atoms with Crippen molar-refractivity contribution in [3.63, 3.8) is 0 Å². The van der Waals surface area contributed by atoms with E-state index in [-0.39, 0.29) is 5.91 Å². The van der Waals surface area contributed by atoms with Crippen LogP contribution in [0.4, 0.5) is 0 Å². The summed E-state index contributed by atoms with van der Waals surface area (Å²) in [5.74, 6) is 1.67. The summed E-state index contributed by atoms with van der Waals surface area (Å²) < 4.78 is 10.9. The van der Waals surface area contributed by atoms with Gasteiger partial charge in [0.15, 0.2) is 0 Å². The fourth-order valence-corrected chi connectivity index (χ4v) is 3.20. The summed E-state index contributed by atoms with van der Waals surface area (Å²) in [7, 11) is 1.85. The average molecular weight is 348 g/mol. The Labute approximate surface area is 144 Å². The summed E-state index contributed by atoms with van der Waals surface area (Å²) >= 11 is 1.40. The van der Waals surface area contributed by atoms with Crippen LogP contribution in [-0.4, -0.2) is 58.5 Å². The van der Waals surface area contributed by atoms with Gasteiger partial charge in [-0.1, -0.05) is 11.8 Å². The Balaban J connectivity index is 1.43. The Morgan fingerprint density at radius 2 is 2.21 bits per heavy atom. The van der Waals surface area contributed by atoms with E-state index in [0.717, 1.165) is 31.7 Å². The maximum atomic E-state index is 12.1. The molecule has 24 heavy (non-hydrogen) atoms. The van der Waals surface area contributed by atoms with Crippen molar-refractivity contribution >= 4 is 17.7 Å². The maximum absolute atomic E-state index is 12.1. The molecule has 1 aliphatic rings. The molecule has 1 fully saturated rings. The molecule has 0 aromatic carbocycles. The van der Waals surface area contributed by atoms with Crippen molar-refractivity contribution in [2.45, 2.75) is 18.1 Å². The number of ether oxygens (including phenoxy) is 1. The number of hydrogen-bond acceptors (Lipinski definition) is 7. The number of aromatic nitrogens is 3. The second kappa shape index (κ2) is 8.25. The first-order valence-corrected chi connectivity index (χ1v) is 8.89. The molecular weight excluding hydrogens is 328 g/mol. The third-order valence-corrected chi connectivity index (χ3v) is 4.68. The number of carbonyl (C=O) groups is 1. The van der Waals surface area contributed by atoms with Crippen LogP contribution in [0.2, 0.25) is 0 Å². The fraction of sp³-hybridized carbons (Fsp3) is 0.500. The van der Waals surface area contributed by atoms with E-state index < -0.39 is 0 Å². The van der Waals surface area contributed by atoms with E-state index >= 15 is 0 Å². The Kier molecular flexibility index (Phi) is 5.81. The molecule has 0 bridgehead atoms. The third kappa shape index (κ3) is 4.55. The first-order valence-electron chi connectivity index (χ1n) is 7.91. The van der Waals surface area contributed by atoms with Crippen LogP contribution in [0.3, 0.4) is 0 Å². The molecule has 8 heteroatoms. The molecule has 0 aliphatic carbocycles. The molecule has 7 nitrogen and oxygen atoms in total. The van der Waals surface area contributed by atoms with Crippen molar-refractivity contribution in [2.24, 2.45) is 5.92 Å².